The summed E-state index contributed by atoms with van der Waals surface area (Å²) >= 11 is 0. The highest BCUT2D eigenvalue weighted by atomic mass is 19.4. The number of halogens is 9. The fraction of sp³-hybridized carbons (Fsp3) is 1.00. The molecule has 0 aromatic rings. The summed E-state index contributed by atoms with van der Waals surface area (Å²) in [7, 11) is 0. The van der Waals surface area contributed by atoms with Crippen LogP contribution >= 0.6 is 0 Å². The molecule has 0 amide bonds. The van der Waals surface area contributed by atoms with Crippen molar-refractivity contribution in [3.8, 4) is 0 Å². The minimum Gasteiger partial charge on any atom is -0.289 e. The van der Waals surface area contributed by atoms with Crippen molar-refractivity contribution in [2.75, 3.05) is 0 Å². The zero-order valence-electron chi connectivity index (χ0n) is 6.39. The molecule has 1 nitrogen and oxygen atoms in total. The van der Waals surface area contributed by atoms with Crippen LogP contribution in [0.3, 0.4) is 0 Å². The molecule has 0 aromatic heterocycles. The van der Waals surface area contributed by atoms with Gasteiger partial charge < -0.3 is 0 Å². The zero-order valence-corrected chi connectivity index (χ0v) is 6.39. The van der Waals surface area contributed by atoms with Crippen molar-refractivity contribution < 1.29 is 44.3 Å². The first-order valence-corrected chi connectivity index (χ1v) is 3.22. The Labute approximate surface area is 75.8 Å². The molecule has 1 saturated heterocycles. The van der Waals surface area contributed by atoms with E-state index >= 15 is 0 Å². The van der Waals surface area contributed by atoms with Crippen LogP contribution in [-0.4, -0.2) is 30.2 Å². The van der Waals surface area contributed by atoms with Gasteiger partial charge in [0.15, 0.2) is 0 Å². The van der Waals surface area contributed by atoms with Crippen LogP contribution in [0.5, 0.6) is 0 Å². The lowest BCUT2D eigenvalue weighted by atomic mass is 9.89. The first-order chi connectivity index (χ1) is 6.36. The highest BCUT2D eigenvalue weighted by molar-refractivity contribution is 5.12. The number of alkyl halides is 9. The molecule has 1 rings (SSSR count). The zero-order chi connectivity index (χ0) is 12.3. The average Bonchev–Trinajstić information content (AvgIpc) is 1.94. The van der Waals surface area contributed by atoms with E-state index in [-0.39, 0.29) is 0 Å². The number of hydrogen-bond donors (Lipinski definition) is 0. The van der Waals surface area contributed by atoms with E-state index in [9.17, 15) is 39.5 Å². The molecule has 1 aliphatic rings. The smallest absolute Gasteiger partial charge is 0.289 e. The quantitative estimate of drug-likeness (QED) is 0.599. The molecule has 1 heterocycles. The maximum Gasteiger partial charge on any atom is 0.430 e. The third-order valence-corrected chi connectivity index (χ3v) is 1.79. The topological polar surface area (TPSA) is 9.23 Å². The van der Waals surface area contributed by atoms with E-state index in [1.807, 2.05) is 0 Å². The molecule has 10 heteroatoms. The standard InChI is InChI=1S/C5HF9O/c6-1-2(4(9,10)11,5(12,13)14)15-3(1,7)8/h1H. The summed E-state index contributed by atoms with van der Waals surface area (Å²) < 4.78 is 109. The summed E-state index contributed by atoms with van der Waals surface area (Å²) in [5.41, 5.74) is -5.43. The molecule has 15 heavy (non-hydrogen) atoms. The van der Waals surface area contributed by atoms with E-state index < -0.39 is 30.2 Å². The summed E-state index contributed by atoms with van der Waals surface area (Å²) in [4.78, 5) is 0. The van der Waals surface area contributed by atoms with Crippen molar-refractivity contribution in [2.24, 2.45) is 0 Å². The van der Waals surface area contributed by atoms with E-state index in [4.69, 9.17) is 0 Å². The van der Waals surface area contributed by atoms with Gasteiger partial charge in [-0.15, -0.1) is 0 Å². The fourth-order valence-electron chi connectivity index (χ4n) is 1.06. The average molecular weight is 248 g/mol. The summed E-state index contributed by atoms with van der Waals surface area (Å²) in [6, 6.07) is 0. The lowest BCUT2D eigenvalue weighted by Gasteiger charge is -2.50. The van der Waals surface area contributed by atoms with Gasteiger partial charge in [-0.3, -0.25) is 4.74 Å². The lowest BCUT2D eigenvalue weighted by Crippen LogP contribution is -2.79. The number of ether oxygens (including phenoxy) is 1. The first-order valence-electron chi connectivity index (χ1n) is 3.22. The molecular formula is C5HF9O. The van der Waals surface area contributed by atoms with E-state index in [2.05, 4.69) is 4.74 Å². The van der Waals surface area contributed by atoms with Crippen LogP contribution in [-0.2, 0) is 4.74 Å². The predicted molar refractivity (Wildman–Crippen MR) is 25.8 cm³/mol. The van der Waals surface area contributed by atoms with Gasteiger partial charge in [0.1, 0.15) is 0 Å². The second-order valence-electron chi connectivity index (χ2n) is 2.76. The van der Waals surface area contributed by atoms with Crippen LogP contribution in [0.2, 0.25) is 0 Å². The molecule has 0 radical (unpaired) electrons. The molecule has 0 N–H and O–H groups in total. The van der Waals surface area contributed by atoms with Gasteiger partial charge in [0.25, 0.3) is 0 Å². The molecule has 0 aromatic carbocycles. The van der Waals surface area contributed by atoms with Crippen LogP contribution in [0, 0.1) is 0 Å². The number of hydrogen-bond acceptors (Lipinski definition) is 1. The van der Waals surface area contributed by atoms with Crippen LogP contribution in [0.4, 0.5) is 39.5 Å². The Morgan fingerprint density at radius 1 is 0.867 bits per heavy atom. The van der Waals surface area contributed by atoms with Crippen LogP contribution < -0.4 is 0 Å². The molecule has 0 saturated carbocycles. The normalized spacial score (nSPS) is 29.8. The summed E-state index contributed by atoms with van der Waals surface area (Å²) in [5.74, 6) is 0. The molecule has 1 fully saturated rings. The molecule has 90 valence electrons. The van der Waals surface area contributed by atoms with E-state index in [0.717, 1.165) is 0 Å². The van der Waals surface area contributed by atoms with Gasteiger partial charge in [-0.2, -0.15) is 35.1 Å². The van der Waals surface area contributed by atoms with Crippen molar-refractivity contribution in [1.29, 1.82) is 0 Å². The highest BCUT2D eigenvalue weighted by Gasteiger charge is 2.90. The van der Waals surface area contributed by atoms with Crippen molar-refractivity contribution in [3.05, 3.63) is 0 Å². The van der Waals surface area contributed by atoms with Crippen molar-refractivity contribution in [2.45, 2.75) is 30.2 Å². The minimum absolute atomic E-state index is 2.40. The van der Waals surface area contributed by atoms with Gasteiger partial charge in [-0.05, 0) is 0 Å². The Balaban J connectivity index is 3.16. The van der Waals surface area contributed by atoms with Crippen molar-refractivity contribution in [3.63, 3.8) is 0 Å². The van der Waals surface area contributed by atoms with Gasteiger partial charge in [-0.1, -0.05) is 0 Å². The summed E-state index contributed by atoms with van der Waals surface area (Å²) in [6.07, 6.45) is -22.2. The highest BCUT2D eigenvalue weighted by Crippen LogP contribution is 2.61. The van der Waals surface area contributed by atoms with Crippen LogP contribution in [0.15, 0.2) is 0 Å². The Bertz CT molecular complexity index is 249. The molecule has 0 aliphatic carbocycles. The third kappa shape index (κ3) is 1.37. The molecule has 0 spiro atoms. The van der Waals surface area contributed by atoms with Gasteiger partial charge in [0.05, 0.1) is 0 Å². The van der Waals surface area contributed by atoms with Gasteiger partial charge >= 0.3 is 24.1 Å². The maximum atomic E-state index is 12.3. The molecule has 1 aliphatic heterocycles. The van der Waals surface area contributed by atoms with E-state index in [0.29, 0.717) is 0 Å². The van der Waals surface area contributed by atoms with Crippen LogP contribution in [0.25, 0.3) is 0 Å². The molecule has 1 atom stereocenters. The summed E-state index contributed by atoms with van der Waals surface area (Å²) in [6.45, 7) is 0. The molecule has 0 bridgehead atoms. The Hall–Kier alpha value is -0.670. The fourth-order valence-corrected chi connectivity index (χ4v) is 1.06. The Morgan fingerprint density at radius 3 is 1.27 bits per heavy atom. The molecule has 1 unspecified atom stereocenters. The van der Waals surface area contributed by atoms with E-state index in [1.165, 1.54) is 0 Å². The SMILES string of the molecule is FC1C(F)(F)OC1(C(F)(F)F)C(F)(F)F. The Kier molecular flexibility index (Phi) is 2.24. The van der Waals surface area contributed by atoms with Gasteiger partial charge in [0.2, 0.25) is 6.17 Å². The molecular weight excluding hydrogens is 247 g/mol. The largest absolute Gasteiger partial charge is 0.430 e. The van der Waals surface area contributed by atoms with Crippen molar-refractivity contribution in [1.82, 2.24) is 0 Å². The van der Waals surface area contributed by atoms with E-state index in [1.54, 1.807) is 0 Å². The third-order valence-electron chi connectivity index (χ3n) is 1.79. The maximum absolute atomic E-state index is 12.3. The second kappa shape index (κ2) is 2.71. The van der Waals surface area contributed by atoms with Gasteiger partial charge in [0, 0.05) is 0 Å². The monoisotopic (exact) mass is 248 g/mol. The van der Waals surface area contributed by atoms with Crippen molar-refractivity contribution >= 4 is 0 Å². The predicted octanol–water partition coefficient (Wildman–Crippen LogP) is 2.81. The minimum atomic E-state index is -6.30. The first kappa shape index (κ1) is 12.4. The number of rotatable bonds is 0. The Morgan fingerprint density at radius 2 is 1.20 bits per heavy atom. The lowest BCUT2D eigenvalue weighted by molar-refractivity contribution is -0.541. The summed E-state index contributed by atoms with van der Waals surface area (Å²) in [5, 5.41) is 0. The van der Waals surface area contributed by atoms with Crippen LogP contribution in [0.1, 0.15) is 0 Å². The van der Waals surface area contributed by atoms with Gasteiger partial charge in [-0.25, -0.2) is 4.39 Å². The second-order valence-corrected chi connectivity index (χ2v) is 2.76.